The quantitative estimate of drug-likeness (QED) is 0.788. The molecule has 1 aromatic rings. The second kappa shape index (κ2) is 3.68. The molecule has 0 bridgehead atoms. The third-order valence-corrected chi connectivity index (χ3v) is 2.22. The summed E-state index contributed by atoms with van der Waals surface area (Å²) in [5.41, 5.74) is 1.62. The summed E-state index contributed by atoms with van der Waals surface area (Å²) in [4.78, 5) is 17.8. The van der Waals surface area contributed by atoms with E-state index in [2.05, 4.69) is 9.97 Å². The van der Waals surface area contributed by atoms with Gasteiger partial charge in [0, 0.05) is 11.1 Å². The Labute approximate surface area is 89.7 Å². The Balaban J connectivity index is 3.30. The first-order valence-corrected chi connectivity index (χ1v) is 5.07. The lowest BCUT2D eigenvalue weighted by atomic mass is 9.88. The second-order valence-electron chi connectivity index (χ2n) is 5.06. The molecule has 4 heteroatoms. The van der Waals surface area contributed by atoms with Crippen LogP contribution in [-0.4, -0.2) is 21.0 Å². The molecule has 0 aliphatic heterocycles. The van der Waals surface area contributed by atoms with Crippen LogP contribution >= 0.6 is 0 Å². The van der Waals surface area contributed by atoms with Crippen LogP contribution in [-0.2, 0) is 5.41 Å². The topological polar surface area (TPSA) is 66.0 Å². The van der Waals surface area contributed by atoms with Gasteiger partial charge in [0.1, 0.15) is 0 Å². The number of nitrogens with zero attached hydrogens (tertiary/aromatic N) is 1. The molecule has 0 amide bonds. The van der Waals surface area contributed by atoms with E-state index < -0.39 is 5.97 Å². The van der Waals surface area contributed by atoms with Gasteiger partial charge in [0.15, 0.2) is 0 Å². The van der Waals surface area contributed by atoms with Crippen molar-refractivity contribution in [2.45, 2.75) is 46.0 Å². The van der Waals surface area contributed by atoms with Gasteiger partial charge in [-0.1, -0.05) is 34.6 Å². The lowest BCUT2D eigenvalue weighted by Crippen LogP contribution is -2.15. The van der Waals surface area contributed by atoms with Gasteiger partial charge in [0.25, 0.3) is 0 Å². The van der Waals surface area contributed by atoms with E-state index in [0.29, 0.717) is 0 Å². The highest BCUT2D eigenvalue weighted by Gasteiger charge is 2.25. The maximum atomic E-state index is 10.8. The molecule has 0 saturated heterocycles. The average molecular weight is 210 g/mol. The van der Waals surface area contributed by atoms with Gasteiger partial charge in [-0.3, -0.25) is 0 Å². The minimum atomic E-state index is -1.01. The van der Waals surface area contributed by atoms with Crippen LogP contribution < -0.4 is 0 Å². The molecule has 1 heterocycles. The number of carbonyl (C=O) groups is 1. The van der Waals surface area contributed by atoms with Gasteiger partial charge in [-0.2, -0.15) is 0 Å². The molecule has 0 atom stereocenters. The van der Waals surface area contributed by atoms with Gasteiger partial charge in [-0.25, -0.2) is 9.78 Å². The van der Waals surface area contributed by atoms with Crippen molar-refractivity contribution in [3.63, 3.8) is 0 Å². The number of hydrogen-bond acceptors (Lipinski definition) is 2. The fourth-order valence-corrected chi connectivity index (χ4v) is 1.48. The van der Waals surface area contributed by atoms with Crippen LogP contribution in [0.3, 0.4) is 0 Å². The molecule has 1 aromatic heterocycles. The summed E-state index contributed by atoms with van der Waals surface area (Å²) in [5.74, 6) is -0.726. The van der Waals surface area contributed by atoms with E-state index in [-0.39, 0.29) is 17.2 Å². The predicted molar refractivity (Wildman–Crippen MR) is 58.3 cm³/mol. The van der Waals surface area contributed by atoms with Crippen LogP contribution in [0, 0.1) is 0 Å². The zero-order valence-electron chi connectivity index (χ0n) is 9.88. The van der Waals surface area contributed by atoms with E-state index in [0.717, 1.165) is 11.4 Å². The molecule has 2 N–H and O–H groups in total. The molecule has 0 aliphatic carbocycles. The molecule has 15 heavy (non-hydrogen) atoms. The molecular weight excluding hydrogens is 192 g/mol. The van der Waals surface area contributed by atoms with Gasteiger partial charge >= 0.3 is 5.97 Å². The van der Waals surface area contributed by atoms with E-state index in [4.69, 9.17) is 5.11 Å². The highest BCUT2D eigenvalue weighted by atomic mass is 16.4. The van der Waals surface area contributed by atoms with Crippen LogP contribution in [0.1, 0.15) is 62.5 Å². The largest absolute Gasteiger partial charge is 0.475 e. The summed E-state index contributed by atoms with van der Waals surface area (Å²) >= 11 is 0. The van der Waals surface area contributed by atoms with Gasteiger partial charge in [0.05, 0.1) is 5.69 Å². The number of imidazole rings is 1. The Kier molecular flexibility index (Phi) is 2.88. The van der Waals surface area contributed by atoms with Gasteiger partial charge in [-0.15, -0.1) is 0 Å². The summed E-state index contributed by atoms with van der Waals surface area (Å²) in [6.07, 6.45) is 0. The molecule has 0 aliphatic rings. The van der Waals surface area contributed by atoms with Crippen LogP contribution in [0.25, 0.3) is 0 Å². The summed E-state index contributed by atoms with van der Waals surface area (Å²) in [5, 5.41) is 8.88. The number of rotatable bonds is 2. The first kappa shape index (κ1) is 11.8. The van der Waals surface area contributed by atoms with Crippen molar-refractivity contribution in [1.29, 1.82) is 0 Å². The SMILES string of the molecule is CC(C)c1[nH]c(C(=O)O)nc1C(C)(C)C. The van der Waals surface area contributed by atoms with E-state index >= 15 is 0 Å². The normalized spacial score (nSPS) is 12.1. The molecule has 0 aromatic carbocycles. The number of aromatic nitrogens is 2. The van der Waals surface area contributed by atoms with Gasteiger partial charge in [-0.05, 0) is 5.92 Å². The van der Waals surface area contributed by atoms with Crippen molar-refractivity contribution in [2.75, 3.05) is 0 Å². The Morgan fingerprint density at radius 2 is 1.93 bits per heavy atom. The molecule has 84 valence electrons. The molecule has 0 unspecified atom stereocenters. The van der Waals surface area contributed by atoms with E-state index in [1.807, 2.05) is 34.6 Å². The third kappa shape index (κ3) is 2.37. The highest BCUT2D eigenvalue weighted by Crippen LogP contribution is 2.28. The van der Waals surface area contributed by atoms with Crippen molar-refractivity contribution in [2.24, 2.45) is 0 Å². The van der Waals surface area contributed by atoms with Gasteiger partial charge in [0.2, 0.25) is 5.82 Å². The molecular formula is C11H18N2O2. The number of aromatic amines is 1. The minimum Gasteiger partial charge on any atom is -0.475 e. The minimum absolute atomic E-state index is 0.0311. The Morgan fingerprint density at radius 3 is 2.20 bits per heavy atom. The number of carboxylic acids is 1. The van der Waals surface area contributed by atoms with Crippen molar-refractivity contribution in [1.82, 2.24) is 9.97 Å². The second-order valence-corrected chi connectivity index (χ2v) is 5.06. The maximum absolute atomic E-state index is 10.8. The Morgan fingerprint density at radius 1 is 1.40 bits per heavy atom. The monoisotopic (exact) mass is 210 g/mol. The van der Waals surface area contributed by atoms with E-state index in [9.17, 15) is 4.79 Å². The van der Waals surface area contributed by atoms with E-state index in [1.54, 1.807) is 0 Å². The standard InChI is InChI=1S/C11H18N2O2/c1-6(2)7-8(11(3,4)5)13-9(12-7)10(14)15/h6H,1-5H3,(H,12,13)(H,14,15). The van der Waals surface area contributed by atoms with Crippen molar-refractivity contribution in [3.8, 4) is 0 Å². The van der Waals surface area contributed by atoms with E-state index in [1.165, 1.54) is 0 Å². The van der Waals surface area contributed by atoms with Crippen LogP contribution in [0.5, 0.6) is 0 Å². The summed E-state index contributed by atoms with van der Waals surface area (Å²) < 4.78 is 0. The fourth-order valence-electron chi connectivity index (χ4n) is 1.48. The molecule has 0 fully saturated rings. The molecule has 1 rings (SSSR count). The number of nitrogens with one attached hydrogen (secondary N) is 1. The molecule has 0 spiro atoms. The van der Waals surface area contributed by atoms with Crippen LogP contribution in [0.15, 0.2) is 0 Å². The first-order chi connectivity index (χ1) is 6.73. The van der Waals surface area contributed by atoms with Crippen molar-refractivity contribution in [3.05, 3.63) is 17.2 Å². The third-order valence-electron chi connectivity index (χ3n) is 2.22. The van der Waals surface area contributed by atoms with Crippen LogP contribution in [0.2, 0.25) is 0 Å². The summed E-state index contributed by atoms with van der Waals surface area (Å²) in [6.45, 7) is 10.1. The Bertz CT molecular complexity index is 372. The number of carboxylic acid groups (broad SMARTS) is 1. The highest BCUT2D eigenvalue weighted by molar-refractivity contribution is 5.83. The predicted octanol–water partition coefficient (Wildman–Crippen LogP) is 2.53. The molecule has 0 radical (unpaired) electrons. The summed E-state index contributed by atoms with van der Waals surface area (Å²) in [6, 6.07) is 0. The van der Waals surface area contributed by atoms with Crippen molar-refractivity contribution >= 4 is 5.97 Å². The average Bonchev–Trinajstić information content (AvgIpc) is 2.45. The van der Waals surface area contributed by atoms with Crippen LogP contribution in [0.4, 0.5) is 0 Å². The number of hydrogen-bond donors (Lipinski definition) is 2. The number of aromatic carboxylic acids is 1. The lowest BCUT2D eigenvalue weighted by molar-refractivity contribution is 0.0684. The van der Waals surface area contributed by atoms with Gasteiger partial charge < -0.3 is 10.1 Å². The molecule has 4 nitrogen and oxygen atoms in total. The first-order valence-electron chi connectivity index (χ1n) is 5.07. The zero-order chi connectivity index (χ0) is 11.8. The summed E-state index contributed by atoms with van der Waals surface area (Å²) in [7, 11) is 0. The smallest absolute Gasteiger partial charge is 0.371 e. The molecule has 0 saturated carbocycles. The lowest BCUT2D eigenvalue weighted by Gasteiger charge is -2.18. The number of H-pyrrole nitrogens is 1. The zero-order valence-corrected chi connectivity index (χ0v) is 9.88. The van der Waals surface area contributed by atoms with Crippen molar-refractivity contribution < 1.29 is 9.90 Å². The maximum Gasteiger partial charge on any atom is 0.371 e. The Hall–Kier alpha value is -1.32. The fraction of sp³-hybridized carbons (Fsp3) is 0.636.